The van der Waals surface area contributed by atoms with Gasteiger partial charge in [0.25, 0.3) is 11.5 Å². The van der Waals surface area contributed by atoms with E-state index in [1.165, 1.54) is 4.57 Å². The molecule has 1 aromatic carbocycles. The van der Waals surface area contributed by atoms with Gasteiger partial charge in [-0.1, -0.05) is 0 Å². The smallest absolute Gasteiger partial charge is 0.328 e. The van der Waals surface area contributed by atoms with Crippen molar-refractivity contribution in [1.29, 1.82) is 0 Å². The number of amides is 1. The van der Waals surface area contributed by atoms with Crippen molar-refractivity contribution in [2.45, 2.75) is 32.4 Å². The molecule has 2 aromatic heterocycles. The predicted octanol–water partition coefficient (Wildman–Crippen LogP) is 1.51. The van der Waals surface area contributed by atoms with Crippen LogP contribution in [0.2, 0.25) is 0 Å². The minimum Gasteiger partial charge on any atom is -0.490 e. The van der Waals surface area contributed by atoms with Crippen molar-refractivity contribution < 1.29 is 9.53 Å². The minimum absolute atomic E-state index is 0.0366. The van der Waals surface area contributed by atoms with Crippen LogP contribution in [0.15, 0.2) is 46.1 Å². The zero-order chi connectivity index (χ0) is 22.0. The standard InChI is InChI=1S/C22H25N5O4/c1-3-27-21(29)17-6-5-16(12-19(17)25-22(27)30)31-15-8-10-26(11-9-15)14-4-7-18(24-13-14)20(28)23-2/h4-7,12-13,15H,3,8-11H2,1-2H3,(H,23,28)(H,25,30). The average Bonchev–Trinajstić information content (AvgIpc) is 2.79. The Morgan fingerprint density at radius 1 is 1.23 bits per heavy atom. The van der Waals surface area contributed by atoms with E-state index >= 15 is 0 Å². The second-order valence-electron chi connectivity index (χ2n) is 7.47. The number of carbonyl (C=O) groups is 1. The summed E-state index contributed by atoms with van der Waals surface area (Å²) in [4.78, 5) is 45.3. The van der Waals surface area contributed by atoms with E-state index in [4.69, 9.17) is 4.74 Å². The summed E-state index contributed by atoms with van der Waals surface area (Å²) in [5.74, 6) is 0.427. The van der Waals surface area contributed by atoms with Gasteiger partial charge in [-0.15, -0.1) is 0 Å². The summed E-state index contributed by atoms with van der Waals surface area (Å²) in [5.41, 5.74) is 1.14. The normalized spacial score (nSPS) is 14.6. The van der Waals surface area contributed by atoms with Gasteiger partial charge in [0.15, 0.2) is 0 Å². The summed E-state index contributed by atoms with van der Waals surface area (Å²) >= 11 is 0. The van der Waals surface area contributed by atoms with Gasteiger partial charge in [-0.25, -0.2) is 9.78 Å². The van der Waals surface area contributed by atoms with E-state index in [1.807, 2.05) is 6.07 Å². The molecule has 2 N–H and O–H groups in total. The summed E-state index contributed by atoms with van der Waals surface area (Å²) in [5, 5.41) is 3.03. The lowest BCUT2D eigenvalue weighted by Gasteiger charge is -2.33. The molecule has 31 heavy (non-hydrogen) atoms. The number of anilines is 1. The Morgan fingerprint density at radius 3 is 2.65 bits per heavy atom. The van der Waals surface area contributed by atoms with Crippen molar-refractivity contribution in [3.63, 3.8) is 0 Å². The van der Waals surface area contributed by atoms with E-state index in [9.17, 15) is 14.4 Å². The topological polar surface area (TPSA) is 109 Å². The van der Waals surface area contributed by atoms with Crippen molar-refractivity contribution in [2.75, 3.05) is 25.0 Å². The molecule has 0 unspecified atom stereocenters. The first-order valence-corrected chi connectivity index (χ1v) is 10.4. The highest BCUT2D eigenvalue weighted by Crippen LogP contribution is 2.24. The number of pyridine rings is 1. The Morgan fingerprint density at radius 2 is 2.00 bits per heavy atom. The number of benzene rings is 1. The van der Waals surface area contributed by atoms with Crippen LogP contribution in [-0.4, -0.2) is 46.7 Å². The van der Waals surface area contributed by atoms with Crippen LogP contribution in [0.4, 0.5) is 5.69 Å². The zero-order valence-electron chi connectivity index (χ0n) is 17.6. The molecule has 0 aliphatic carbocycles. The number of nitrogens with zero attached hydrogens (tertiary/aromatic N) is 3. The molecule has 1 aliphatic rings. The summed E-state index contributed by atoms with van der Waals surface area (Å²) in [7, 11) is 1.58. The van der Waals surface area contributed by atoms with Crippen LogP contribution in [-0.2, 0) is 6.54 Å². The maximum absolute atomic E-state index is 12.4. The molecule has 1 amide bonds. The molecule has 9 heteroatoms. The monoisotopic (exact) mass is 423 g/mol. The molecule has 4 rings (SSSR count). The Balaban J connectivity index is 1.42. The molecule has 1 saturated heterocycles. The summed E-state index contributed by atoms with van der Waals surface area (Å²) in [6.45, 7) is 3.69. The second-order valence-corrected chi connectivity index (χ2v) is 7.47. The van der Waals surface area contributed by atoms with Crippen molar-refractivity contribution >= 4 is 22.5 Å². The van der Waals surface area contributed by atoms with Gasteiger partial charge in [-0.3, -0.25) is 14.2 Å². The third-order valence-corrected chi connectivity index (χ3v) is 5.59. The van der Waals surface area contributed by atoms with Gasteiger partial charge in [0.1, 0.15) is 17.5 Å². The number of hydrogen-bond donors (Lipinski definition) is 2. The molecule has 9 nitrogen and oxygen atoms in total. The van der Waals surface area contributed by atoms with Gasteiger partial charge in [-0.2, -0.15) is 0 Å². The number of hydrogen-bond acceptors (Lipinski definition) is 6. The van der Waals surface area contributed by atoms with E-state index in [-0.39, 0.29) is 17.6 Å². The van der Waals surface area contributed by atoms with Crippen molar-refractivity contribution in [2.24, 2.45) is 0 Å². The Hall–Kier alpha value is -3.62. The third-order valence-electron chi connectivity index (χ3n) is 5.59. The number of aromatic nitrogens is 3. The van der Waals surface area contributed by atoms with Gasteiger partial charge in [0, 0.05) is 45.6 Å². The molecule has 0 atom stereocenters. The maximum Gasteiger partial charge on any atom is 0.328 e. The van der Waals surface area contributed by atoms with Crippen LogP contribution < -0.4 is 26.2 Å². The molecule has 0 radical (unpaired) electrons. The minimum atomic E-state index is -0.415. The van der Waals surface area contributed by atoms with E-state index in [2.05, 4.69) is 20.2 Å². The molecule has 3 aromatic rings. The second kappa shape index (κ2) is 8.63. The largest absolute Gasteiger partial charge is 0.490 e. The fraction of sp³-hybridized carbons (Fsp3) is 0.364. The van der Waals surface area contributed by atoms with Crippen LogP contribution in [0.3, 0.4) is 0 Å². The van der Waals surface area contributed by atoms with E-state index in [1.54, 1.807) is 44.4 Å². The molecule has 3 heterocycles. The Labute approximate surface area is 178 Å². The van der Waals surface area contributed by atoms with Crippen LogP contribution in [0.25, 0.3) is 10.9 Å². The maximum atomic E-state index is 12.4. The number of piperidine rings is 1. The van der Waals surface area contributed by atoms with E-state index in [0.29, 0.717) is 28.9 Å². The van der Waals surface area contributed by atoms with Crippen LogP contribution in [0.5, 0.6) is 5.75 Å². The lowest BCUT2D eigenvalue weighted by molar-refractivity contribution is 0.0958. The molecule has 1 fully saturated rings. The quantitative estimate of drug-likeness (QED) is 0.644. The van der Waals surface area contributed by atoms with Crippen LogP contribution in [0, 0.1) is 0 Å². The number of ether oxygens (including phenoxy) is 1. The average molecular weight is 423 g/mol. The van der Waals surface area contributed by atoms with Crippen LogP contribution >= 0.6 is 0 Å². The zero-order valence-corrected chi connectivity index (χ0v) is 17.6. The van der Waals surface area contributed by atoms with Crippen LogP contribution in [0.1, 0.15) is 30.3 Å². The molecule has 1 aliphatic heterocycles. The third kappa shape index (κ3) is 4.16. The first kappa shape index (κ1) is 20.6. The highest BCUT2D eigenvalue weighted by molar-refractivity contribution is 5.92. The SMILES string of the molecule is CCn1c(=O)[nH]c2cc(OC3CCN(c4ccc(C(=O)NC)nc4)CC3)ccc2c1=O. The fourth-order valence-electron chi connectivity index (χ4n) is 3.85. The number of aromatic amines is 1. The van der Waals surface area contributed by atoms with Crippen molar-refractivity contribution in [3.05, 3.63) is 63.1 Å². The van der Waals surface area contributed by atoms with Crippen molar-refractivity contribution in [1.82, 2.24) is 19.9 Å². The number of nitrogens with one attached hydrogen (secondary N) is 2. The molecule has 0 saturated carbocycles. The molecule has 162 valence electrons. The lowest BCUT2D eigenvalue weighted by Crippen LogP contribution is -2.38. The lowest BCUT2D eigenvalue weighted by atomic mass is 10.1. The number of carbonyl (C=O) groups excluding carboxylic acids is 1. The van der Waals surface area contributed by atoms with Crippen molar-refractivity contribution in [3.8, 4) is 5.75 Å². The molecule has 0 spiro atoms. The number of rotatable bonds is 5. The summed E-state index contributed by atoms with van der Waals surface area (Å²) in [6, 6.07) is 8.81. The Bertz CT molecular complexity index is 1210. The number of fused-ring (bicyclic) bond motifs is 1. The Kier molecular flexibility index (Phi) is 5.75. The van der Waals surface area contributed by atoms with E-state index < -0.39 is 5.69 Å². The van der Waals surface area contributed by atoms with Gasteiger partial charge >= 0.3 is 5.69 Å². The molecule has 0 bridgehead atoms. The van der Waals surface area contributed by atoms with Gasteiger partial charge in [0.05, 0.1) is 22.8 Å². The number of H-pyrrole nitrogens is 1. The van der Waals surface area contributed by atoms with Gasteiger partial charge < -0.3 is 19.9 Å². The van der Waals surface area contributed by atoms with E-state index in [0.717, 1.165) is 31.6 Å². The summed E-state index contributed by atoms with van der Waals surface area (Å²) < 4.78 is 7.30. The highest BCUT2D eigenvalue weighted by atomic mass is 16.5. The molecular weight excluding hydrogens is 398 g/mol. The summed E-state index contributed by atoms with van der Waals surface area (Å²) in [6.07, 6.45) is 3.40. The van der Waals surface area contributed by atoms with Gasteiger partial charge in [-0.05, 0) is 31.2 Å². The molecular formula is C22H25N5O4. The first-order valence-electron chi connectivity index (χ1n) is 10.4. The van der Waals surface area contributed by atoms with Gasteiger partial charge in [0.2, 0.25) is 0 Å². The highest BCUT2D eigenvalue weighted by Gasteiger charge is 2.21. The first-order chi connectivity index (χ1) is 15.0. The predicted molar refractivity (Wildman–Crippen MR) is 118 cm³/mol. The fourth-order valence-corrected chi connectivity index (χ4v) is 3.85.